The Morgan fingerprint density at radius 2 is 1.71 bits per heavy atom. The van der Waals surface area contributed by atoms with Crippen molar-refractivity contribution in [2.45, 2.75) is 6.92 Å². The Bertz CT molecular complexity index is 850. The molecule has 0 spiro atoms. The smallest absolute Gasteiger partial charge is 0.255 e. The molecule has 1 heterocycles. The van der Waals surface area contributed by atoms with Crippen LogP contribution in [0.5, 0.6) is 5.75 Å². The largest absolute Gasteiger partial charge is 0.508 e. The lowest BCUT2D eigenvalue weighted by molar-refractivity contribution is 0.475. The topological polar surface area (TPSA) is 42.2 Å². The van der Waals surface area contributed by atoms with Crippen molar-refractivity contribution in [1.29, 1.82) is 0 Å². The molecule has 0 aliphatic carbocycles. The van der Waals surface area contributed by atoms with Gasteiger partial charge in [-0.3, -0.25) is 9.36 Å². The van der Waals surface area contributed by atoms with E-state index in [4.69, 9.17) is 0 Å². The summed E-state index contributed by atoms with van der Waals surface area (Å²) in [6.07, 6.45) is 1.80. The van der Waals surface area contributed by atoms with Gasteiger partial charge in [0.15, 0.2) is 0 Å². The molecule has 0 radical (unpaired) electrons. The normalized spacial score (nSPS) is 10.5. The summed E-state index contributed by atoms with van der Waals surface area (Å²) in [7, 11) is 0. The number of aryl methyl sites for hydroxylation is 1. The summed E-state index contributed by atoms with van der Waals surface area (Å²) in [5.41, 5.74) is 3.61. The third-order valence-electron chi connectivity index (χ3n) is 3.37. The van der Waals surface area contributed by atoms with E-state index in [9.17, 15) is 9.90 Å². The van der Waals surface area contributed by atoms with Crippen LogP contribution < -0.4 is 5.56 Å². The average Bonchev–Trinajstić information content (AvgIpc) is 2.47. The van der Waals surface area contributed by atoms with Gasteiger partial charge in [-0.2, -0.15) is 0 Å². The van der Waals surface area contributed by atoms with Gasteiger partial charge in [-0.25, -0.2) is 0 Å². The summed E-state index contributed by atoms with van der Waals surface area (Å²) in [5.74, 6) is 0.209. The molecule has 0 bridgehead atoms. The van der Waals surface area contributed by atoms with Crippen LogP contribution in [0.15, 0.2) is 71.7 Å². The third-order valence-corrected chi connectivity index (χ3v) is 3.37. The second-order valence-corrected chi connectivity index (χ2v) is 5.02. The summed E-state index contributed by atoms with van der Waals surface area (Å²) in [6, 6.07) is 18.1. The van der Waals surface area contributed by atoms with Crippen molar-refractivity contribution < 1.29 is 5.11 Å². The highest BCUT2D eigenvalue weighted by Crippen LogP contribution is 2.22. The number of rotatable bonds is 2. The van der Waals surface area contributed by atoms with E-state index in [1.54, 1.807) is 41.1 Å². The summed E-state index contributed by atoms with van der Waals surface area (Å²) >= 11 is 0. The predicted molar refractivity (Wildman–Crippen MR) is 83.9 cm³/mol. The molecule has 3 heteroatoms. The van der Waals surface area contributed by atoms with Gasteiger partial charge in [0.25, 0.3) is 5.56 Å². The van der Waals surface area contributed by atoms with Crippen molar-refractivity contribution in [2.24, 2.45) is 0 Å². The van der Waals surface area contributed by atoms with Gasteiger partial charge >= 0.3 is 0 Å². The maximum atomic E-state index is 12.1. The van der Waals surface area contributed by atoms with Crippen molar-refractivity contribution in [3.8, 4) is 22.6 Å². The molecular formula is C18H15NO2. The molecule has 0 saturated carbocycles. The fraction of sp³-hybridized carbons (Fsp3) is 0.0556. The van der Waals surface area contributed by atoms with E-state index in [0.717, 1.165) is 22.4 Å². The zero-order valence-electron chi connectivity index (χ0n) is 11.7. The van der Waals surface area contributed by atoms with Crippen LogP contribution in [0, 0.1) is 6.92 Å². The minimum absolute atomic E-state index is 0.0792. The maximum Gasteiger partial charge on any atom is 0.255 e. The molecule has 0 amide bonds. The maximum absolute atomic E-state index is 12.1. The van der Waals surface area contributed by atoms with Crippen LogP contribution in [0.1, 0.15) is 5.56 Å². The molecule has 3 rings (SSSR count). The van der Waals surface area contributed by atoms with Crippen LogP contribution in [0.25, 0.3) is 16.8 Å². The number of hydrogen-bond acceptors (Lipinski definition) is 2. The van der Waals surface area contributed by atoms with Gasteiger partial charge in [-0.15, -0.1) is 0 Å². The summed E-state index contributed by atoms with van der Waals surface area (Å²) in [4.78, 5) is 12.1. The number of aromatic hydroxyl groups is 1. The zero-order chi connectivity index (χ0) is 14.8. The van der Waals surface area contributed by atoms with Crippen molar-refractivity contribution >= 4 is 0 Å². The van der Waals surface area contributed by atoms with Gasteiger partial charge in [-0.1, -0.05) is 24.3 Å². The first kappa shape index (κ1) is 13.2. The van der Waals surface area contributed by atoms with Crippen LogP contribution in [0.3, 0.4) is 0 Å². The monoisotopic (exact) mass is 277 g/mol. The van der Waals surface area contributed by atoms with Crippen molar-refractivity contribution in [3.63, 3.8) is 0 Å². The number of benzene rings is 2. The molecule has 104 valence electrons. The first-order chi connectivity index (χ1) is 10.1. The molecule has 0 atom stereocenters. The van der Waals surface area contributed by atoms with Crippen LogP contribution >= 0.6 is 0 Å². The Kier molecular flexibility index (Phi) is 3.32. The minimum atomic E-state index is -0.0792. The Hall–Kier alpha value is -2.81. The quantitative estimate of drug-likeness (QED) is 0.778. The molecule has 2 aromatic carbocycles. The molecule has 21 heavy (non-hydrogen) atoms. The second-order valence-electron chi connectivity index (χ2n) is 5.02. The minimum Gasteiger partial charge on any atom is -0.508 e. The Balaban J connectivity index is 2.15. The van der Waals surface area contributed by atoms with Crippen molar-refractivity contribution in [3.05, 3.63) is 82.8 Å². The lowest BCUT2D eigenvalue weighted by Crippen LogP contribution is -2.16. The first-order valence-corrected chi connectivity index (χ1v) is 6.73. The van der Waals surface area contributed by atoms with Crippen LogP contribution in [-0.2, 0) is 0 Å². The molecule has 3 aromatic rings. The second kappa shape index (κ2) is 5.29. The summed E-state index contributed by atoms with van der Waals surface area (Å²) in [5, 5.41) is 9.58. The molecule has 0 aliphatic heterocycles. The first-order valence-electron chi connectivity index (χ1n) is 6.73. The lowest BCUT2D eigenvalue weighted by atomic mass is 10.1. The number of nitrogens with zero attached hydrogens (tertiary/aromatic N) is 1. The highest BCUT2D eigenvalue weighted by atomic mass is 16.3. The molecule has 1 aromatic heterocycles. The Morgan fingerprint density at radius 1 is 0.905 bits per heavy atom. The van der Waals surface area contributed by atoms with E-state index in [0.29, 0.717) is 0 Å². The van der Waals surface area contributed by atoms with Gasteiger partial charge in [0.1, 0.15) is 5.75 Å². The zero-order valence-corrected chi connectivity index (χ0v) is 11.7. The van der Waals surface area contributed by atoms with Crippen LogP contribution in [0.2, 0.25) is 0 Å². The van der Waals surface area contributed by atoms with Gasteiger partial charge in [0, 0.05) is 18.0 Å². The SMILES string of the molecule is Cc1cccc(-n2cc(-c3cccc(O)c3)ccc2=O)c1. The number of phenolic OH excluding ortho intramolecular Hbond substituents is 1. The highest BCUT2D eigenvalue weighted by molar-refractivity contribution is 5.64. The third kappa shape index (κ3) is 2.72. The van der Waals surface area contributed by atoms with E-state index in [-0.39, 0.29) is 11.3 Å². The van der Waals surface area contributed by atoms with Crippen molar-refractivity contribution in [1.82, 2.24) is 4.57 Å². The standard InChI is InChI=1S/C18H15NO2/c1-13-4-2-6-16(10-13)19-12-15(8-9-18(19)21)14-5-3-7-17(20)11-14/h2-12,20H,1H3. The number of hydrogen-bond donors (Lipinski definition) is 1. The Labute approximate surface area is 122 Å². The van der Waals surface area contributed by atoms with Gasteiger partial charge in [-0.05, 0) is 53.9 Å². The molecule has 1 N–H and O–H groups in total. The Morgan fingerprint density at radius 3 is 2.48 bits per heavy atom. The highest BCUT2D eigenvalue weighted by Gasteiger charge is 2.04. The van der Waals surface area contributed by atoms with Gasteiger partial charge in [0.2, 0.25) is 0 Å². The number of aromatic nitrogens is 1. The lowest BCUT2D eigenvalue weighted by Gasteiger charge is -2.09. The summed E-state index contributed by atoms with van der Waals surface area (Å²) < 4.78 is 1.62. The van der Waals surface area contributed by atoms with E-state index in [1.165, 1.54) is 0 Å². The number of phenols is 1. The molecule has 0 saturated heterocycles. The molecular weight excluding hydrogens is 262 g/mol. The van der Waals surface area contributed by atoms with E-state index in [2.05, 4.69) is 0 Å². The van der Waals surface area contributed by atoms with E-state index in [1.807, 2.05) is 37.3 Å². The molecule has 0 aliphatic rings. The molecule has 3 nitrogen and oxygen atoms in total. The fourth-order valence-corrected chi connectivity index (χ4v) is 2.32. The van der Waals surface area contributed by atoms with Gasteiger partial charge in [0.05, 0.1) is 0 Å². The van der Waals surface area contributed by atoms with E-state index < -0.39 is 0 Å². The number of pyridine rings is 1. The summed E-state index contributed by atoms with van der Waals surface area (Å²) in [6.45, 7) is 1.99. The van der Waals surface area contributed by atoms with Crippen LogP contribution in [0.4, 0.5) is 0 Å². The fourth-order valence-electron chi connectivity index (χ4n) is 2.32. The molecule has 0 fully saturated rings. The van der Waals surface area contributed by atoms with Crippen molar-refractivity contribution in [2.75, 3.05) is 0 Å². The van der Waals surface area contributed by atoms with E-state index >= 15 is 0 Å². The van der Waals surface area contributed by atoms with Gasteiger partial charge < -0.3 is 5.11 Å². The average molecular weight is 277 g/mol. The molecule has 0 unspecified atom stereocenters. The van der Waals surface area contributed by atoms with Crippen LogP contribution in [-0.4, -0.2) is 9.67 Å². The predicted octanol–water partition coefficient (Wildman–Crippen LogP) is 3.52.